The van der Waals surface area contributed by atoms with Gasteiger partial charge < -0.3 is 10.6 Å². The topological polar surface area (TPSA) is 44.4 Å². The Hall–Kier alpha value is -1.39. The third-order valence-corrected chi connectivity index (χ3v) is 4.21. The van der Waals surface area contributed by atoms with E-state index in [-0.39, 0.29) is 5.91 Å². The molecule has 0 bridgehead atoms. The zero-order chi connectivity index (χ0) is 13.8. The van der Waals surface area contributed by atoms with Crippen LogP contribution in [0.5, 0.6) is 0 Å². The lowest BCUT2D eigenvalue weighted by molar-refractivity contribution is 0.0942. The van der Waals surface area contributed by atoms with Crippen LogP contribution < -0.4 is 10.6 Å². The summed E-state index contributed by atoms with van der Waals surface area (Å²) in [5.41, 5.74) is 2.03. The molecule has 0 spiro atoms. The van der Waals surface area contributed by atoms with Gasteiger partial charge in [-0.1, -0.05) is 12.1 Å². The van der Waals surface area contributed by atoms with Gasteiger partial charge in [0, 0.05) is 37.7 Å². The van der Waals surface area contributed by atoms with Crippen molar-refractivity contribution in [1.82, 2.24) is 15.5 Å². The van der Waals surface area contributed by atoms with Gasteiger partial charge in [0.05, 0.1) is 0 Å². The molecule has 2 aliphatic rings. The van der Waals surface area contributed by atoms with Gasteiger partial charge in [0.2, 0.25) is 0 Å². The number of carbonyl (C=O) groups is 1. The van der Waals surface area contributed by atoms with E-state index in [4.69, 9.17) is 0 Å². The summed E-state index contributed by atoms with van der Waals surface area (Å²) in [5.74, 6) is 0.659. The number of carbonyl (C=O) groups excluding carboxylic acids is 1. The summed E-state index contributed by atoms with van der Waals surface area (Å²) < 4.78 is 0. The predicted molar refractivity (Wildman–Crippen MR) is 79.6 cm³/mol. The number of nitrogens with zero attached hydrogens (tertiary/aromatic N) is 1. The number of likely N-dealkylation sites (tertiary alicyclic amines) is 1. The molecule has 4 nitrogen and oxygen atoms in total. The van der Waals surface area contributed by atoms with Crippen LogP contribution in [0, 0.1) is 5.92 Å². The van der Waals surface area contributed by atoms with Crippen LogP contribution >= 0.6 is 0 Å². The van der Waals surface area contributed by atoms with Crippen LogP contribution in [0.3, 0.4) is 0 Å². The minimum absolute atomic E-state index is 0.0557. The molecule has 0 unspecified atom stereocenters. The van der Waals surface area contributed by atoms with E-state index in [9.17, 15) is 4.79 Å². The molecule has 0 radical (unpaired) electrons. The van der Waals surface area contributed by atoms with E-state index in [1.807, 2.05) is 18.2 Å². The van der Waals surface area contributed by atoms with Crippen molar-refractivity contribution in [2.45, 2.75) is 19.4 Å². The van der Waals surface area contributed by atoms with E-state index >= 15 is 0 Å². The van der Waals surface area contributed by atoms with Crippen LogP contribution in [0.15, 0.2) is 24.3 Å². The maximum absolute atomic E-state index is 12.1. The van der Waals surface area contributed by atoms with Gasteiger partial charge in [0.15, 0.2) is 0 Å². The van der Waals surface area contributed by atoms with Gasteiger partial charge in [-0.15, -0.1) is 0 Å². The van der Waals surface area contributed by atoms with Gasteiger partial charge in [0.25, 0.3) is 5.91 Å². The standard InChI is InChI=1S/C16H23N3O/c20-16(18-11-14-9-17-10-14)15-5-3-4-13(8-15)12-19-6-1-2-7-19/h3-5,8,14,17H,1-2,6-7,9-12H2,(H,18,20). The maximum atomic E-state index is 12.1. The molecule has 3 rings (SSSR count). The SMILES string of the molecule is O=C(NCC1CNC1)c1cccc(CN2CCCC2)c1. The van der Waals surface area contributed by atoms with Crippen molar-refractivity contribution >= 4 is 5.91 Å². The third kappa shape index (κ3) is 3.38. The highest BCUT2D eigenvalue weighted by Crippen LogP contribution is 2.14. The van der Waals surface area contributed by atoms with Gasteiger partial charge in [-0.05, 0) is 43.6 Å². The number of benzene rings is 1. The fourth-order valence-electron chi connectivity index (χ4n) is 2.84. The summed E-state index contributed by atoms with van der Waals surface area (Å²) in [5, 5.41) is 6.25. The van der Waals surface area contributed by atoms with Gasteiger partial charge in [-0.3, -0.25) is 9.69 Å². The minimum atomic E-state index is 0.0557. The first-order valence-electron chi connectivity index (χ1n) is 7.61. The van der Waals surface area contributed by atoms with Crippen LogP contribution in [0.2, 0.25) is 0 Å². The monoisotopic (exact) mass is 273 g/mol. The van der Waals surface area contributed by atoms with Gasteiger partial charge in [0.1, 0.15) is 0 Å². The lowest BCUT2D eigenvalue weighted by Gasteiger charge is -2.27. The largest absolute Gasteiger partial charge is 0.352 e. The summed E-state index contributed by atoms with van der Waals surface area (Å²) >= 11 is 0. The molecule has 4 heteroatoms. The fourth-order valence-corrected chi connectivity index (χ4v) is 2.84. The van der Waals surface area contributed by atoms with Crippen molar-refractivity contribution in [3.8, 4) is 0 Å². The van der Waals surface area contributed by atoms with Crippen LogP contribution in [0.1, 0.15) is 28.8 Å². The Morgan fingerprint density at radius 3 is 2.80 bits per heavy atom. The molecule has 2 heterocycles. The van der Waals surface area contributed by atoms with E-state index in [1.165, 1.54) is 31.5 Å². The lowest BCUT2D eigenvalue weighted by Crippen LogP contribution is -2.48. The van der Waals surface area contributed by atoms with Crippen molar-refractivity contribution in [3.63, 3.8) is 0 Å². The normalized spacial score (nSPS) is 19.8. The average molecular weight is 273 g/mol. The van der Waals surface area contributed by atoms with Crippen LogP contribution in [0.4, 0.5) is 0 Å². The van der Waals surface area contributed by atoms with Gasteiger partial charge in [-0.25, -0.2) is 0 Å². The minimum Gasteiger partial charge on any atom is -0.352 e. The molecule has 2 N–H and O–H groups in total. The second kappa shape index (κ2) is 6.37. The number of amides is 1. The number of nitrogens with one attached hydrogen (secondary N) is 2. The van der Waals surface area contributed by atoms with Crippen molar-refractivity contribution in [3.05, 3.63) is 35.4 Å². The van der Waals surface area contributed by atoms with Gasteiger partial charge >= 0.3 is 0 Å². The number of rotatable bonds is 5. The number of hydrogen-bond acceptors (Lipinski definition) is 3. The molecule has 2 fully saturated rings. The molecule has 0 saturated carbocycles. The molecular weight excluding hydrogens is 250 g/mol. The summed E-state index contributed by atoms with van der Waals surface area (Å²) in [4.78, 5) is 14.6. The molecule has 1 aromatic rings. The zero-order valence-electron chi connectivity index (χ0n) is 11.9. The van der Waals surface area contributed by atoms with Crippen molar-refractivity contribution < 1.29 is 4.79 Å². The third-order valence-electron chi connectivity index (χ3n) is 4.21. The Labute approximate surface area is 120 Å². The van der Waals surface area contributed by atoms with E-state index in [1.54, 1.807) is 0 Å². The first kappa shape index (κ1) is 13.6. The second-order valence-corrected chi connectivity index (χ2v) is 5.92. The molecule has 108 valence electrons. The average Bonchev–Trinajstić information content (AvgIpc) is 2.90. The Morgan fingerprint density at radius 1 is 1.30 bits per heavy atom. The first-order valence-corrected chi connectivity index (χ1v) is 7.61. The van der Waals surface area contributed by atoms with Crippen LogP contribution in [0.25, 0.3) is 0 Å². The van der Waals surface area contributed by atoms with Crippen LogP contribution in [-0.2, 0) is 6.54 Å². The molecule has 2 saturated heterocycles. The number of hydrogen-bond donors (Lipinski definition) is 2. The van der Waals surface area contributed by atoms with Crippen LogP contribution in [-0.4, -0.2) is 43.5 Å². The molecule has 0 aliphatic carbocycles. The van der Waals surface area contributed by atoms with E-state index < -0.39 is 0 Å². The summed E-state index contributed by atoms with van der Waals surface area (Å²) in [6.07, 6.45) is 2.60. The summed E-state index contributed by atoms with van der Waals surface area (Å²) in [7, 11) is 0. The van der Waals surface area contributed by atoms with Crippen molar-refractivity contribution in [2.75, 3.05) is 32.7 Å². The van der Waals surface area contributed by atoms with Gasteiger partial charge in [-0.2, -0.15) is 0 Å². The van der Waals surface area contributed by atoms with Crippen molar-refractivity contribution in [2.24, 2.45) is 5.92 Å². The quantitative estimate of drug-likeness (QED) is 0.848. The molecule has 1 aromatic carbocycles. The van der Waals surface area contributed by atoms with E-state index in [0.29, 0.717) is 5.92 Å². The molecule has 20 heavy (non-hydrogen) atoms. The fraction of sp³-hybridized carbons (Fsp3) is 0.562. The Balaban J connectivity index is 1.56. The highest BCUT2D eigenvalue weighted by Gasteiger charge is 2.18. The van der Waals surface area contributed by atoms with Crippen molar-refractivity contribution in [1.29, 1.82) is 0 Å². The highest BCUT2D eigenvalue weighted by molar-refractivity contribution is 5.94. The Kier molecular flexibility index (Phi) is 4.33. The Bertz CT molecular complexity index is 465. The van der Waals surface area contributed by atoms with E-state index in [2.05, 4.69) is 21.6 Å². The molecule has 1 amide bonds. The molecule has 2 aliphatic heterocycles. The molecular formula is C16H23N3O. The summed E-state index contributed by atoms with van der Waals surface area (Å²) in [6, 6.07) is 8.05. The maximum Gasteiger partial charge on any atom is 0.251 e. The zero-order valence-corrected chi connectivity index (χ0v) is 11.9. The molecule has 0 aromatic heterocycles. The first-order chi connectivity index (χ1) is 9.81. The lowest BCUT2D eigenvalue weighted by atomic mass is 10.0. The predicted octanol–water partition coefficient (Wildman–Crippen LogP) is 1.23. The summed E-state index contributed by atoms with van der Waals surface area (Å²) in [6.45, 7) is 6.16. The highest BCUT2D eigenvalue weighted by atomic mass is 16.1. The molecule has 0 atom stereocenters. The smallest absolute Gasteiger partial charge is 0.251 e. The van der Waals surface area contributed by atoms with E-state index in [0.717, 1.165) is 31.7 Å². The Morgan fingerprint density at radius 2 is 2.10 bits per heavy atom. The second-order valence-electron chi connectivity index (χ2n) is 5.92.